The average molecular weight is 473 g/mol. The van der Waals surface area contributed by atoms with E-state index in [9.17, 15) is 0 Å². The monoisotopic (exact) mass is 472 g/mol. The maximum Gasteiger partial charge on any atom is 0.285 e. The Hall–Kier alpha value is -0.200. The lowest BCUT2D eigenvalue weighted by atomic mass is 9.92. The van der Waals surface area contributed by atoms with Crippen LogP contribution in [0.4, 0.5) is 0 Å². The first-order chi connectivity index (χ1) is 16.1. The summed E-state index contributed by atoms with van der Waals surface area (Å²) in [4.78, 5) is 0. The van der Waals surface area contributed by atoms with Gasteiger partial charge < -0.3 is 23.7 Å². The molecule has 0 saturated carbocycles. The number of hydrogen-bond donors (Lipinski definition) is 0. The predicted molar refractivity (Wildman–Crippen MR) is 137 cm³/mol. The number of hydrogen-bond acceptors (Lipinski definition) is 5. The first-order valence-corrected chi connectivity index (χ1v) is 14.3. The third-order valence-corrected chi connectivity index (χ3v) is 6.40. The van der Waals surface area contributed by atoms with Crippen molar-refractivity contribution in [1.29, 1.82) is 0 Å². The third kappa shape index (κ3) is 14.7. The highest BCUT2D eigenvalue weighted by molar-refractivity contribution is 4.77. The van der Waals surface area contributed by atoms with E-state index in [1.54, 1.807) is 0 Å². The van der Waals surface area contributed by atoms with E-state index in [1.165, 1.54) is 38.5 Å². The highest BCUT2D eigenvalue weighted by Gasteiger charge is 2.43. The molecule has 0 spiro atoms. The number of rotatable bonds is 25. The molecule has 5 heteroatoms. The largest absolute Gasteiger partial charge is 0.376 e. The normalized spacial score (nSPS) is 17.9. The molecule has 0 radical (unpaired) electrons. The summed E-state index contributed by atoms with van der Waals surface area (Å²) in [5, 5.41) is 0. The highest BCUT2D eigenvalue weighted by Crippen LogP contribution is 2.35. The summed E-state index contributed by atoms with van der Waals surface area (Å²) in [5.41, 5.74) is 0. The summed E-state index contributed by atoms with van der Waals surface area (Å²) in [5.74, 6) is -0.805. The van der Waals surface area contributed by atoms with Crippen LogP contribution in [0, 0.1) is 5.92 Å². The molecule has 0 bridgehead atoms. The van der Waals surface area contributed by atoms with Crippen LogP contribution in [0.2, 0.25) is 0 Å². The van der Waals surface area contributed by atoms with Gasteiger partial charge in [0.1, 0.15) is 6.10 Å². The molecule has 1 heterocycles. The van der Waals surface area contributed by atoms with Gasteiger partial charge in [0.05, 0.1) is 39.1 Å². The number of unbranched alkanes of at least 4 members (excludes halogenated alkanes) is 8. The summed E-state index contributed by atoms with van der Waals surface area (Å²) >= 11 is 0. The summed E-state index contributed by atoms with van der Waals surface area (Å²) in [6.45, 7) is 14.6. The molecule has 198 valence electrons. The zero-order valence-corrected chi connectivity index (χ0v) is 22.7. The van der Waals surface area contributed by atoms with Crippen LogP contribution in [0.1, 0.15) is 125 Å². The van der Waals surface area contributed by atoms with Crippen molar-refractivity contribution in [1.82, 2.24) is 0 Å². The van der Waals surface area contributed by atoms with E-state index in [4.69, 9.17) is 23.7 Å². The van der Waals surface area contributed by atoms with Gasteiger partial charge in [0, 0.05) is 5.92 Å². The van der Waals surface area contributed by atoms with Crippen molar-refractivity contribution in [3.8, 4) is 0 Å². The van der Waals surface area contributed by atoms with E-state index in [1.807, 2.05) is 0 Å². The number of epoxide rings is 1. The Morgan fingerprint density at radius 1 is 0.727 bits per heavy atom. The Labute approximate surface area is 205 Å². The topological polar surface area (TPSA) is 49.5 Å². The lowest BCUT2D eigenvalue weighted by Gasteiger charge is -2.41. The maximum atomic E-state index is 6.54. The van der Waals surface area contributed by atoms with E-state index in [0.717, 1.165) is 58.0 Å². The van der Waals surface area contributed by atoms with Crippen LogP contribution in [0.3, 0.4) is 0 Å². The van der Waals surface area contributed by atoms with E-state index >= 15 is 0 Å². The van der Waals surface area contributed by atoms with Gasteiger partial charge in [0.25, 0.3) is 5.97 Å². The fourth-order valence-corrected chi connectivity index (χ4v) is 4.07. The highest BCUT2D eigenvalue weighted by atomic mass is 16.9. The van der Waals surface area contributed by atoms with Gasteiger partial charge in [0.15, 0.2) is 0 Å². The molecule has 1 rings (SSSR count). The van der Waals surface area contributed by atoms with Crippen molar-refractivity contribution in [2.45, 2.75) is 143 Å². The molecular formula is C28H56O5. The van der Waals surface area contributed by atoms with E-state index < -0.39 is 5.97 Å². The molecule has 1 aliphatic heterocycles. The molecule has 3 unspecified atom stereocenters. The molecule has 0 aromatic rings. The molecular weight excluding hydrogens is 416 g/mol. The minimum absolute atomic E-state index is 0.123. The minimum atomic E-state index is -0.962. The second-order valence-corrected chi connectivity index (χ2v) is 9.80. The van der Waals surface area contributed by atoms with Gasteiger partial charge in [-0.1, -0.05) is 85.5 Å². The fraction of sp³-hybridized carbons (Fsp3) is 1.00. The smallest absolute Gasteiger partial charge is 0.285 e. The Bertz CT molecular complexity index is 400. The second kappa shape index (κ2) is 20.0. The third-order valence-electron chi connectivity index (χ3n) is 6.40. The summed E-state index contributed by atoms with van der Waals surface area (Å²) in [6, 6.07) is 0. The van der Waals surface area contributed by atoms with Gasteiger partial charge >= 0.3 is 0 Å². The van der Waals surface area contributed by atoms with E-state index in [2.05, 4.69) is 34.6 Å². The van der Waals surface area contributed by atoms with Gasteiger partial charge in [-0.3, -0.25) is 0 Å². The average Bonchev–Trinajstić information content (AvgIpc) is 3.64. The van der Waals surface area contributed by atoms with Crippen molar-refractivity contribution in [3.05, 3.63) is 0 Å². The molecule has 0 aliphatic carbocycles. The summed E-state index contributed by atoms with van der Waals surface area (Å²) < 4.78 is 31.1. The predicted octanol–water partition coefficient (Wildman–Crippen LogP) is 7.65. The van der Waals surface area contributed by atoms with E-state index in [-0.39, 0.29) is 18.1 Å². The standard InChI is InChI=1S/C28H56O5/c1-6-10-14-15-16-17-18-26(22-25(5)29-23-27-24-30-27)28(31-19-11-7-2,32-20-12-8-3)33-21-13-9-4/h25-27H,6-24H2,1-5H3. The molecule has 1 aliphatic rings. The molecule has 0 aromatic carbocycles. The van der Waals surface area contributed by atoms with Crippen LogP contribution in [-0.2, 0) is 23.7 Å². The van der Waals surface area contributed by atoms with Crippen molar-refractivity contribution in [2.24, 2.45) is 5.92 Å². The molecule has 0 N–H and O–H groups in total. The second-order valence-electron chi connectivity index (χ2n) is 9.80. The maximum absolute atomic E-state index is 6.54. The van der Waals surface area contributed by atoms with Crippen LogP contribution < -0.4 is 0 Å². The van der Waals surface area contributed by atoms with Gasteiger partial charge in [-0.05, 0) is 39.0 Å². The molecule has 3 atom stereocenters. The molecule has 33 heavy (non-hydrogen) atoms. The van der Waals surface area contributed by atoms with E-state index in [0.29, 0.717) is 26.4 Å². The van der Waals surface area contributed by atoms with Crippen LogP contribution in [0.5, 0.6) is 0 Å². The van der Waals surface area contributed by atoms with Crippen LogP contribution in [-0.4, -0.2) is 51.2 Å². The van der Waals surface area contributed by atoms with Crippen molar-refractivity contribution >= 4 is 0 Å². The Morgan fingerprint density at radius 3 is 1.70 bits per heavy atom. The van der Waals surface area contributed by atoms with Crippen LogP contribution in [0.25, 0.3) is 0 Å². The molecule has 0 aromatic heterocycles. The summed E-state index contributed by atoms with van der Waals surface area (Å²) in [6.07, 6.45) is 16.4. The molecule has 1 fully saturated rings. The Morgan fingerprint density at radius 2 is 1.21 bits per heavy atom. The van der Waals surface area contributed by atoms with Crippen molar-refractivity contribution in [2.75, 3.05) is 33.0 Å². The molecule has 5 nitrogen and oxygen atoms in total. The Balaban J connectivity index is 2.91. The van der Waals surface area contributed by atoms with Crippen LogP contribution in [0.15, 0.2) is 0 Å². The summed E-state index contributed by atoms with van der Waals surface area (Å²) in [7, 11) is 0. The number of ether oxygens (including phenoxy) is 5. The lowest BCUT2D eigenvalue weighted by Crippen LogP contribution is -2.48. The Kier molecular flexibility index (Phi) is 18.7. The van der Waals surface area contributed by atoms with Crippen LogP contribution >= 0.6 is 0 Å². The molecule has 0 amide bonds. The fourth-order valence-electron chi connectivity index (χ4n) is 4.07. The SMILES string of the molecule is CCCCCCCCC(CC(C)OCC1CO1)C(OCCCC)(OCCCC)OCCCC. The van der Waals surface area contributed by atoms with Gasteiger partial charge in [0.2, 0.25) is 0 Å². The quantitative estimate of drug-likeness (QED) is 0.0775. The van der Waals surface area contributed by atoms with Crippen molar-refractivity contribution in [3.63, 3.8) is 0 Å². The van der Waals surface area contributed by atoms with Gasteiger partial charge in [-0.15, -0.1) is 0 Å². The van der Waals surface area contributed by atoms with Gasteiger partial charge in [-0.2, -0.15) is 0 Å². The first kappa shape index (κ1) is 30.8. The zero-order valence-electron chi connectivity index (χ0n) is 22.7. The first-order valence-electron chi connectivity index (χ1n) is 14.3. The van der Waals surface area contributed by atoms with Gasteiger partial charge in [-0.25, -0.2) is 0 Å². The zero-order chi connectivity index (χ0) is 24.2. The molecule has 1 saturated heterocycles. The lowest BCUT2D eigenvalue weighted by molar-refractivity contribution is -0.408. The van der Waals surface area contributed by atoms with Crippen molar-refractivity contribution < 1.29 is 23.7 Å². The minimum Gasteiger partial charge on any atom is -0.376 e.